The van der Waals surface area contributed by atoms with E-state index in [1.165, 1.54) is 24.1 Å². The highest BCUT2D eigenvalue weighted by atomic mass is 32.2. The number of halogens is 1. The van der Waals surface area contributed by atoms with Crippen LogP contribution in [0.1, 0.15) is 64.1 Å². The van der Waals surface area contributed by atoms with Crippen LogP contribution >= 0.6 is 11.9 Å². The van der Waals surface area contributed by atoms with Crippen molar-refractivity contribution >= 4 is 29.9 Å². The van der Waals surface area contributed by atoms with Crippen LogP contribution in [0.15, 0.2) is 30.3 Å². The minimum absolute atomic E-state index is 0.0238. The Hall–Kier alpha value is -2.49. The Morgan fingerprint density at radius 2 is 1.89 bits per heavy atom. The molecule has 1 amide bonds. The minimum Gasteiger partial charge on any atom is -0.349 e. The average Bonchev–Trinajstić information content (AvgIpc) is 2.86. The Morgan fingerprint density at radius 1 is 1.22 bits per heavy atom. The van der Waals surface area contributed by atoms with E-state index < -0.39 is 5.79 Å². The van der Waals surface area contributed by atoms with Crippen LogP contribution < -0.4 is 4.31 Å². The van der Waals surface area contributed by atoms with Crippen LogP contribution in [0.3, 0.4) is 0 Å². The van der Waals surface area contributed by atoms with Crippen molar-refractivity contribution in [2.45, 2.75) is 70.9 Å². The quantitative estimate of drug-likeness (QED) is 0.373. The maximum absolute atomic E-state index is 13.7. The summed E-state index contributed by atoms with van der Waals surface area (Å²) >= 11 is 1.52. The van der Waals surface area contributed by atoms with E-state index in [0.717, 1.165) is 22.5 Å². The summed E-state index contributed by atoms with van der Waals surface area (Å²) in [7, 11) is 5.42. The predicted molar refractivity (Wildman–Crippen MR) is 149 cm³/mol. The molecule has 7 nitrogen and oxygen atoms in total. The van der Waals surface area contributed by atoms with Crippen LogP contribution in [0.5, 0.6) is 0 Å². The molecule has 0 aliphatic carbocycles. The number of hydrogen-bond donors (Lipinski definition) is 0. The van der Waals surface area contributed by atoms with Crippen LogP contribution in [0.4, 0.5) is 10.3 Å². The van der Waals surface area contributed by atoms with Crippen molar-refractivity contribution in [2.24, 2.45) is 0 Å². The van der Waals surface area contributed by atoms with E-state index in [9.17, 15) is 9.18 Å². The van der Waals surface area contributed by atoms with Crippen molar-refractivity contribution in [1.82, 2.24) is 14.9 Å². The minimum atomic E-state index is -0.785. The maximum Gasteiger partial charge on any atom is 0.236 e. The molecule has 0 bridgehead atoms. The highest BCUT2D eigenvalue weighted by Gasteiger charge is 2.38. The van der Waals surface area contributed by atoms with E-state index in [1.54, 1.807) is 31.1 Å². The molecule has 1 aromatic heterocycles. The van der Waals surface area contributed by atoms with Gasteiger partial charge in [-0.2, -0.15) is 0 Å². The summed E-state index contributed by atoms with van der Waals surface area (Å²) in [6.07, 6.45) is 6.99. The monoisotopic (exact) mass is 530 g/mol. The van der Waals surface area contributed by atoms with Crippen LogP contribution in [0, 0.1) is 5.82 Å². The summed E-state index contributed by atoms with van der Waals surface area (Å²) in [5.74, 6) is -0.343. The van der Waals surface area contributed by atoms with Crippen LogP contribution in [-0.2, 0) is 14.3 Å². The Bertz CT molecular complexity index is 1110. The summed E-state index contributed by atoms with van der Waals surface area (Å²) in [5.41, 5.74) is 3.30. The van der Waals surface area contributed by atoms with E-state index >= 15 is 0 Å². The van der Waals surface area contributed by atoms with Gasteiger partial charge in [0.25, 0.3) is 0 Å². The highest BCUT2D eigenvalue weighted by Crippen LogP contribution is 2.35. The molecule has 1 aliphatic rings. The van der Waals surface area contributed by atoms with Gasteiger partial charge in [0, 0.05) is 44.9 Å². The zero-order valence-corrected chi connectivity index (χ0v) is 23.9. The summed E-state index contributed by atoms with van der Waals surface area (Å²) in [4.78, 5) is 23.7. The summed E-state index contributed by atoms with van der Waals surface area (Å²) in [5, 5.41) is 0. The van der Waals surface area contributed by atoms with Gasteiger partial charge in [-0.05, 0) is 43.5 Å². The largest absolute Gasteiger partial charge is 0.349 e. The first-order valence-electron chi connectivity index (χ1n) is 12.7. The van der Waals surface area contributed by atoms with Gasteiger partial charge in [0.15, 0.2) is 5.79 Å². The number of carbonyl (C=O) groups excluding carboxylic acids is 1. The zero-order chi connectivity index (χ0) is 27.3. The second kappa shape index (κ2) is 12.4. The summed E-state index contributed by atoms with van der Waals surface area (Å²) in [6, 6.07) is 6.37. The van der Waals surface area contributed by atoms with Gasteiger partial charge in [0.1, 0.15) is 5.82 Å². The summed E-state index contributed by atoms with van der Waals surface area (Å²) in [6.45, 7) is 8.12. The number of aromatic nitrogens is 2. The molecule has 0 spiro atoms. The molecule has 1 saturated heterocycles. The molecule has 0 radical (unpaired) electrons. The van der Waals surface area contributed by atoms with Crippen molar-refractivity contribution in [3.05, 3.63) is 47.4 Å². The maximum atomic E-state index is 13.7. The van der Waals surface area contributed by atoms with Gasteiger partial charge in [0.05, 0.1) is 30.0 Å². The van der Waals surface area contributed by atoms with Gasteiger partial charge < -0.3 is 14.4 Å². The van der Waals surface area contributed by atoms with E-state index in [4.69, 9.17) is 19.4 Å². The van der Waals surface area contributed by atoms with Crippen LogP contribution in [0.2, 0.25) is 0 Å². The number of rotatable bonds is 9. The number of ether oxygens (including phenoxy) is 2. The van der Waals surface area contributed by atoms with Crippen molar-refractivity contribution in [2.75, 3.05) is 31.7 Å². The van der Waals surface area contributed by atoms with Gasteiger partial charge in [-0.1, -0.05) is 44.9 Å². The third kappa shape index (κ3) is 7.30. The molecule has 37 heavy (non-hydrogen) atoms. The molecule has 1 aliphatic heterocycles. The molecule has 9 heteroatoms. The first-order chi connectivity index (χ1) is 17.5. The van der Waals surface area contributed by atoms with Crippen molar-refractivity contribution in [1.29, 1.82) is 0 Å². The Kier molecular flexibility index (Phi) is 9.72. The summed E-state index contributed by atoms with van der Waals surface area (Å²) < 4.78 is 28.1. The number of amides is 1. The van der Waals surface area contributed by atoms with Gasteiger partial charge in [-0.15, -0.1) is 0 Å². The third-order valence-electron chi connectivity index (χ3n) is 6.52. The number of carbonyl (C=O) groups is 1. The second-order valence-corrected chi connectivity index (χ2v) is 10.9. The first kappa shape index (κ1) is 29.1. The lowest BCUT2D eigenvalue weighted by molar-refractivity contribution is -0.300. The molecular formula is C28H39FN4O3S. The predicted octanol–water partition coefficient (Wildman–Crippen LogP) is 5.91. The lowest BCUT2D eigenvalue weighted by Gasteiger charge is -2.41. The van der Waals surface area contributed by atoms with Crippen molar-refractivity contribution in [3.8, 4) is 11.3 Å². The van der Waals surface area contributed by atoms with E-state index in [-0.39, 0.29) is 29.9 Å². The molecule has 0 N–H and O–H groups in total. The highest BCUT2D eigenvalue weighted by molar-refractivity contribution is 7.99. The number of benzene rings is 1. The smallest absolute Gasteiger partial charge is 0.236 e. The molecular weight excluding hydrogens is 491 g/mol. The fourth-order valence-electron chi connectivity index (χ4n) is 4.18. The Morgan fingerprint density at radius 3 is 2.46 bits per heavy atom. The van der Waals surface area contributed by atoms with Gasteiger partial charge >= 0.3 is 0 Å². The second-order valence-electron chi connectivity index (χ2n) is 9.98. The molecule has 0 saturated carbocycles. The van der Waals surface area contributed by atoms with Gasteiger partial charge in [-0.25, -0.2) is 14.4 Å². The van der Waals surface area contributed by atoms with Crippen molar-refractivity contribution < 1.29 is 18.7 Å². The fraction of sp³-hybridized carbons (Fsp3) is 0.536. The molecule has 3 atom stereocenters. The van der Waals surface area contributed by atoms with E-state index in [2.05, 4.69) is 13.8 Å². The van der Waals surface area contributed by atoms with Crippen LogP contribution in [-0.4, -0.2) is 66.2 Å². The number of hydrogen-bond acceptors (Lipinski definition) is 7. The first-order valence-corrected chi connectivity index (χ1v) is 13.8. The Labute approximate surface area is 224 Å². The standard InChI is InChI=1S/C28H39FN4O3S/c1-9-28(4)35-21(16-22(36-28)17-24(34)32(5)6)14-15-23-25(18(2)3)30-27(33(7)37-8)31-26(23)19-10-12-20(29)13-11-19/h10-15,18,21-22H,9,16-17H2,1-8H3/b15-14+. The zero-order valence-electron chi connectivity index (χ0n) is 23.1. The molecule has 2 aromatic rings. The normalized spacial score (nSPS) is 22.0. The van der Waals surface area contributed by atoms with Crippen molar-refractivity contribution in [3.63, 3.8) is 0 Å². The van der Waals surface area contributed by atoms with Crippen LogP contribution in [0.25, 0.3) is 17.3 Å². The van der Waals surface area contributed by atoms with Gasteiger partial charge in [0.2, 0.25) is 11.9 Å². The topological polar surface area (TPSA) is 67.8 Å². The average molecular weight is 531 g/mol. The molecule has 3 unspecified atom stereocenters. The Balaban J connectivity index is 2.05. The lowest BCUT2D eigenvalue weighted by Crippen LogP contribution is -2.47. The SMILES string of the molecule is CCC1(C)OC(/C=C/c2c(-c3ccc(F)cc3)nc(N(C)SC)nc2C(C)C)CC(CC(=O)N(C)C)O1. The number of anilines is 1. The molecule has 202 valence electrons. The lowest BCUT2D eigenvalue weighted by atomic mass is 9.96. The number of nitrogens with zero attached hydrogens (tertiary/aromatic N) is 4. The molecule has 2 heterocycles. The third-order valence-corrected chi connectivity index (χ3v) is 7.23. The molecule has 1 fully saturated rings. The fourth-order valence-corrected chi connectivity index (χ4v) is 4.42. The van der Waals surface area contributed by atoms with E-state index in [1.807, 2.05) is 43.6 Å². The van der Waals surface area contributed by atoms with Gasteiger partial charge in [-0.3, -0.25) is 9.10 Å². The molecule has 1 aromatic carbocycles. The molecule has 3 rings (SSSR count). The van der Waals surface area contributed by atoms with E-state index in [0.29, 0.717) is 25.2 Å².